The summed E-state index contributed by atoms with van der Waals surface area (Å²) in [4.78, 5) is 14.0. The summed E-state index contributed by atoms with van der Waals surface area (Å²) in [6.45, 7) is 3.41. The molecule has 1 aliphatic rings. The fraction of sp³-hybridized carbons (Fsp3) is 0.346. The van der Waals surface area contributed by atoms with E-state index in [1.54, 1.807) is 42.9 Å². The van der Waals surface area contributed by atoms with Crippen molar-refractivity contribution in [3.05, 3.63) is 71.7 Å². The topological polar surface area (TPSA) is 87.0 Å². The molecule has 182 valence electrons. The quantitative estimate of drug-likeness (QED) is 0.433. The van der Waals surface area contributed by atoms with Gasteiger partial charge in [0.05, 0.1) is 30.4 Å². The van der Waals surface area contributed by atoms with Crippen molar-refractivity contribution in [1.29, 1.82) is 0 Å². The second kappa shape index (κ2) is 8.57. The predicted molar refractivity (Wildman–Crippen MR) is 128 cm³/mol. The summed E-state index contributed by atoms with van der Waals surface area (Å²) in [6, 6.07) is 13.2. The highest BCUT2D eigenvalue weighted by molar-refractivity contribution is 5.98. The minimum absolute atomic E-state index is 0.0606. The summed E-state index contributed by atoms with van der Waals surface area (Å²) >= 11 is 0. The first-order valence-corrected chi connectivity index (χ1v) is 11.5. The summed E-state index contributed by atoms with van der Waals surface area (Å²) in [5.74, 6) is -3.20. The van der Waals surface area contributed by atoms with Crippen LogP contribution in [0.3, 0.4) is 0 Å². The minimum Gasteiger partial charge on any atom is -0.389 e. The van der Waals surface area contributed by atoms with Gasteiger partial charge >= 0.3 is 0 Å². The van der Waals surface area contributed by atoms with Gasteiger partial charge in [-0.25, -0.2) is 8.78 Å². The van der Waals surface area contributed by atoms with Crippen molar-refractivity contribution in [2.24, 2.45) is 0 Å². The first kappa shape index (κ1) is 23.2. The number of carbonyl (C=O) groups excluding carboxylic acids is 1. The number of H-pyrrole nitrogens is 1. The highest BCUT2D eigenvalue weighted by Gasteiger charge is 2.40. The lowest BCUT2D eigenvalue weighted by Crippen LogP contribution is -2.31. The van der Waals surface area contributed by atoms with Crippen molar-refractivity contribution in [2.45, 2.75) is 44.8 Å². The first-order chi connectivity index (χ1) is 16.6. The number of halogens is 2. The number of hydrogen-bond donors (Lipinski definition) is 2. The lowest BCUT2D eigenvalue weighted by atomic mass is 10.0. The Labute approximate surface area is 201 Å². The number of rotatable bonds is 6. The molecule has 1 aliphatic heterocycles. The number of amides is 1. The van der Waals surface area contributed by atoms with E-state index in [1.165, 1.54) is 4.90 Å². The fourth-order valence-electron chi connectivity index (χ4n) is 4.44. The third-order valence-electron chi connectivity index (χ3n) is 6.19. The van der Waals surface area contributed by atoms with Gasteiger partial charge in [0, 0.05) is 47.8 Å². The number of likely N-dealkylation sites (tertiary alicyclic amines) is 1. The molecule has 4 aromatic rings. The fourth-order valence-corrected chi connectivity index (χ4v) is 4.44. The van der Waals surface area contributed by atoms with Crippen LogP contribution in [0.2, 0.25) is 0 Å². The van der Waals surface area contributed by atoms with Gasteiger partial charge in [-0.2, -0.15) is 10.2 Å². The number of benzene rings is 2. The first-order valence-electron chi connectivity index (χ1n) is 11.5. The average molecular weight is 480 g/mol. The molecule has 7 nitrogen and oxygen atoms in total. The zero-order valence-corrected chi connectivity index (χ0v) is 19.6. The van der Waals surface area contributed by atoms with Crippen LogP contribution >= 0.6 is 0 Å². The van der Waals surface area contributed by atoms with Crippen LogP contribution < -0.4 is 0 Å². The third-order valence-corrected chi connectivity index (χ3v) is 6.19. The molecule has 2 aromatic carbocycles. The second-order valence-corrected chi connectivity index (χ2v) is 9.88. The third kappa shape index (κ3) is 5.09. The van der Waals surface area contributed by atoms with E-state index < -0.39 is 18.1 Å². The van der Waals surface area contributed by atoms with Crippen molar-refractivity contribution < 1.29 is 18.7 Å². The molecule has 0 bridgehead atoms. The van der Waals surface area contributed by atoms with Crippen molar-refractivity contribution in [3.63, 3.8) is 0 Å². The Morgan fingerprint density at radius 3 is 2.63 bits per heavy atom. The Bertz CT molecular complexity index is 1370. The maximum Gasteiger partial charge on any atom is 0.267 e. The molecule has 1 fully saturated rings. The van der Waals surface area contributed by atoms with Crippen molar-refractivity contribution >= 4 is 16.8 Å². The number of aliphatic hydroxyl groups is 1. The van der Waals surface area contributed by atoms with E-state index in [0.29, 0.717) is 18.5 Å². The zero-order valence-electron chi connectivity index (χ0n) is 19.6. The molecule has 0 saturated carbocycles. The van der Waals surface area contributed by atoms with E-state index in [1.807, 2.05) is 30.5 Å². The van der Waals surface area contributed by atoms with Gasteiger partial charge in [0.2, 0.25) is 0 Å². The maximum absolute atomic E-state index is 13.6. The molecule has 5 rings (SSSR count). The van der Waals surface area contributed by atoms with E-state index in [2.05, 4.69) is 15.3 Å². The van der Waals surface area contributed by atoms with Crippen LogP contribution in [0.4, 0.5) is 8.78 Å². The summed E-state index contributed by atoms with van der Waals surface area (Å²) < 4.78 is 28.8. The molecule has 9 heteroatoms. The normalized spacial score (nSPS) is 15.7. The Balaban J connectivity index is 1.32. The number of aromatic nitrogens is 4. The molecule has 0 spiro atoms. The number of aromatic amines is 1. The van der Waals surface area contributed by atoms with Crippen LogP contribution in [0.25, 0.3) is 22.0 Å². The monoisotopic (exact) mass is 479 g/mol. The Kier molecular flexibility index (Phi) is 5.67. The number of nitrogens with zero attached hydrogens (tertiary/aromatic N) is 4. The average Bonchev–Trinajstić information content (AvgIpc) is 3.51. The molecular formula is C26H27F2N5O2. The molecule has 0 radical (unpaired) electrons. The molecule has 2 aromatic heterocycles. The molecule has 0 aliphatic carbocycles. The van der Waals surface area contributed by atoms with E-state index >= 15 is 0 Å². The number of nitrogens with one attached hydrogen (secondary N) is 1. The van der Waals surface area contributed by atoms with Crippen molar-refractivity contribution in [2.75, 3.05) is 13.1 Å². The SMILES string of the molecule is CC(C)(O)Cn1cc(-c2ccc(Cc3[nH]nc4ccc(C(=O)N5CCC(F)(F)C5)cc34)cc2)cn1. The smallest absolute Gasteiger partial charge is 0.267 e. The van der Waals surface area contributed by atoms with Gasteiger partial charge in [0.1, 0.15) is 0 Å². The van der Waals surface area contributed by atoms with Crippen LogP contribution in [0.5, 0.6) is 0 Å². The van der Waals surface area contributed by atoms with Gasteiger partial charge < -0.3 is 10.0 Å². The highest BCUT2D eigenvalue weighted by atomic mass is 19.3. The summed E-state index contributed by atoms with van der Waals surface area (Å²) in [5, 5.41) is 22.5. The van der Waals surface area contributed by atoms with Gasteiger partial charge in [-0.15, -0.1) is 0 Å². The van der Waals surface area contributed by atoms with Crippen molar-refractivity contribution in [1.82, 2.24) is 24.9 Å². The molecule has 1 saturated heterocycles. The molecule has 3 heterocycles. The molecule has 1 amide bonds. The van der Waals surface area contributed by atoms with E-state index in [9.17, 15) is 18.7 Å². The largest absolute Gasteiger partial charge is 0.389 e. The molecule has 0 unspecified atom stereocenters. The van der Waals surface area contributed by atoms with Gasteiger partial charge in [-0.1, -0.05) is 24.3 Å². The van der Waals surface area contributed by atoms with Crippen LogP contribution in [-0.2, 0) is 13.0 Å². The van der Waals surface area contributed by atoms with E-state index in [-0.39, 0.29) is 18.9 Å². The summed E-state index contributed by atoms with van der Waals surface area (Å²) in [7, 11) is 0. The molecule has 35 heavy (non-hydrogen) atoms. The lowest BCUT2D eigenvalue weighted by Gasteiger charge is -2.16. The standard InChI is InChI=1S/C26H27F2N5O2/c1-25(2,35)15-33-14-20(13-29-33)18-5-3-17(4-6-18)11-23-21-12-19(7-8-22(21)30-31-23)24(34)32-10-9-26(27,28)16-32/h3-8,12-14,35H,9-11,15-16H2,1-2H3,(H,30,31). The minimum atomic E-state index is -2.82. The van der Waals surface area contributed by atoms with E-state index in [0.717, 1.165) is 33.3 Å². The van der Waals surface area contributed by atoms with Gasteiger partial charge in [-0.05, 0) is 43.2 Å². The van der Waals surface area contributed by atoms with Crippen LogP contribution in [0.15, 0.2) is 54.9 Å². The number of alkyl halides is 2. The Hall–Kier alpha value is -3.59. The van der Waals surface area contributed by atoms with E-state index in [4.69, 9.17) is 0 Å². The van der Waals surface area contributed by atoms with Crippen molar-refractivity contribution in [3.8, 4) is 11.1 Å². The lowest BCUT2D eigenvalue weighted by molar-refractivity contribution is 0.0120. The van der Waals surface area contributed by atoms with Gasteiger partial charge in [-0.3, -0.25) is 14.6 Å². The summed E-state index contributed by atoms with van der Waals surface area (Å²) in [5.41, 5.74) is 4.15. The predicted octanol–water partition coefficient (Wildman–Crippen LogP) is 4.27. The van der Waals surface area contributed by atoms with Gasteiger partial charge in [0.15, 0.2) is 0 Å². The second-order valence-electron chi connectivity index (χ2n) is 9.88. The van der Waals surface area contributed by atoms with Crippen LogP contribution in [-0.4, -0.2) is 60.5 Å². The number of fused-ring (bicyclic) bond motifs is 1. The summed E-state index contributed by atoms with van der Waals surface area (Å²) in [6.07, 6.45) is 3.96. The Morgan fingerprint density at radius 1 is 1.17 bits per heavy atom. The molecule has 0 atom stereocenters. The molecule has 2 N–H and O–H groups in total. The highest BCUT2D eigenvalue weighted by Crippen LogP contribution is 2.29. The zero-order chi connectivity index (χ0) is 24.8. The maximum atomic E-state index is 13.6. The van der Waals surface area contributed by atoms with Gasteiger partial charge in [0.25, 0.3) is 11.8 Å². The Morgan fingerprint density at radius 2 is 1.94 bits per heavy atom. The van der Waals surface area contributed by atoms with Crippen LogP contribution in [0.1, 0.15) is 41.9 Å². The van der Waals surface area contributed by atoms with Crippen LogP contribution in [0, 0.1) is 0 Å². The number of hydrogen-bond acceptors (Lipinski definition) is 4. The number of carbonyl (C=O) groups is 1. The molecular weight excluding hydrogens is 452 g/mol.